The number of rotatable bonds is 2. The molecule has 0 heterocycles. The Morgan fingerprint density at radius 2 is 1.03 bits per heavy atom. The lowest BCUT2D eigenvalue weighted by molar-refractivity contribution is -0.415. The molecule has 2 unspecified atom stereocenters. The van der Waals surface area contributed by atoms with E-state index in [-0.39, 0.29) is 6.42 Å². The Morgan fingerprint density at radius 3 is 1.34 bits per heavy atom. The van der Waals surface area contributed by atoms with Crippen LogP contribution >= 0.6 is 0 Å². The second-order valence-corrected chi connectivity index (χ2v) is 7.84. The Bertz CT molecular complexity index is 696. The van der Waals surface area contributed by atoms with Gasteiger partial charge in [0.05, 0.1) is 0 Å². The van der Waals surface area contributed by atoms with E-state index >= 15 is 0 Å². The molecule has 2 atom stereocenters. The third-order valence-corrected chi connectivity index (χ3v) is 6.43. The normalized spacial score (nSPS) is 31.2. The number of allylic oxidation sites excluding steroid dienone is 1. The van der Waals surface area contributed by atoms with Gasteiger partial charge in [-0.15, -0.1) is 0 Å². The number of halogens is 12. The van der Waals surface area contributed by atoms with E-state index in [1.807, 2.05) is 0 Å². The average molecular weight is 452 g/mol. The molecule has 0 aliphatic heterocycles. The van der Waals surface area contributed by atoms with Crippen LogP contribution in [0.3, 0.4) is 0 Å². The first-order valence-corrected chi connectivity index (χ1v) is 8.09. The van der Waals surface area contributed by atoms with Crippen molar-refractivity contribution in [3.05, 3.63) is 11.1 Å². The monoisotopic (exact) mass is 452 g/mol. The highest BCUT2D eigenvalue weighted by molar-refractivity contribution is 5.44. The fraction of sp³-hybridized carbons (Fsp3) is 0.867. The number of hydrogen-bond acceptors (Lipinski definition) is 2. The van der Waals surface area contributed by atoms with Crippen molar-refractivity contribution in [1.82, 2.24) is 0 Å². The van der Waals surface area contributed by atoms with Crippen molar-refractivity contribution in [3.63, 3.8) is 0 Å². The summed E-state index contributed by atoms with van der Waals surface area (Å²) in [5.41, 5.74) is -17.2. The van der Waals surface area contributed by atoms with Gasteiger partial charge in [-0.2, -0.15) is 52.7 Å². The molecular weight excluding hydrogens is 440 g/mol. The Balaban J connectivity index is 2.25. The third kappa shape index (κ3) is 2.53. The molecule has 168 valence electrons. The molecule has 0 saturated heterocycles. The maximum Gasteiger partial charge on any atom is 0.430 e. The van der Waals surface area contributed by atoms with Gasteiger partial charge >= 0.3 is 24.7 Å². The molecule has 5 rings (SSSR count). The molecule has 0 spiro atoms. The highest BCUT2D eigenvalue weighted by Gasteiger charge is 2.84. The summed E-state index contributed by atoms with van der Waals surface area (Å²) in [6, 6.07) is 0. The molecule has 3 fully saturated rings. The Hall–Kier alpha value is -1.18. The third-order valence-electron chi connectivity index (χ3n) is 6.43. The van der Waals surface area contributed by atoms with Crippen molar-refractivity contribution in [2.75, 3.05) is 0 Å². The first-order valence-electron chi connectivity index (χ1n) is 8.09. The summed E-state index contributed by atoms with van der Waals surface area (Å²) >= 11 is 0. The summed E-state index contributed by atoms with van der Waals surface area (Å²) in [6.07, 6.45) is -30.2. The zero-order chi connectivity index (χ0) is 22.6. The van der Waals surface area contributed by atoms with Crippen LogP contribution in [0.25, 0.3) is 0 Å². The lowest BCUT2D eigenvalue weighted by Gasteiger charge is -2.65. The van der Waals surface area contributed by atoms with Gasteiger partial charge in [0.15, 0.2) is 0 Å². The lowest BCUT2D eigenvalue weighted by atomic mass is 9.41. The minimum Gasteiger partial charge on any atom is -0.373 e. The van der Waals surface area contributed by atoms with Gasteiger partial charge in [-0.25, -0.2) is 0 Å². The minimum atomic E-state index is -6.45. The Labute approximate surface area is 154 Å². The van der Waals surface area contributed by atoms with E-state index in [0.29, 0.717) is 0 Å². The van der Waals surface area contributed by atoms with E-state index in [2.05, 4.69) is 0 Å². The highest BCUT2D eigenvalue weighted by atomic mass is 19.4. The topological polar surface area (TPSA) is 40.5 Å². The number of hydrogen-bond donors (Lipinski definition) is 2. The van der Waals surface area contributed by atoms with Crippen molar-refractivity contribution in [3.8, 4) is 0 Å². The van der Waals surface area contributed by atoms with Gasteiger partial charge in [-0.1, -0.05) is 5.57 Å². The molecule has 5 aliphatic carbocycles. The second-order valence-electron chi connectivity index (χ2n) is 7.84. The van der Waals surface area contributed by atoms with Crippen LogP contribution in [0.4, 0.5) is 52.7 Å². The number of aliphatic hydroxyl groups is 2. The Kier molecular flexibility index (Phi) is 4.30. The molecule has 3 saturated carbocycles. The summed E-state index contributed by atoms with van der Waals surface area (Å²) < 4.78 is 160. The van der Waals surface area contributed by atoms with Crippen molar-refractivity contribution in [2.24, 2.45) is 17.3 Å². The van der Waals surface area contributed by atoms with Crippen LogP contribution in [0.15, 0.2) is 11.1 Å². The van der Waals surface area contributed by atoms with E-state index < -0.39 is 83.6 Å². The van der Waals surface area contributed by atoms with Crippen molar-refractivity contribution in [2.45, 2.75) is 61.6 Å². The largest absolute Gasteiger partial charge is 0.430 e. The highest BCUT2D eigenvalue weighted by Crippen LogP contribution is 2.74. The maximum atomic E-state index is 13.4. The second kappa shape index (κ2) is 5.54. The molecule has 2 nitrogen and oxygen atoms in total. The molecule has 29 heavy (non-hydrogen) atoms. The first-order chi connectivity index (χ1) is 12.6. The number of fused-ring (bicyclic) bond motifs is 1. The van der Waals surface area contributed by atoms with E-state index in [4.69, 9.17) is 0 Å². The molecular formula is C15H12F12O2. The van der Waals surface area contributed by atoms with Crippen LogP contribution in [0.2, 0.25) is 0 Å². The van der Waals surface area contributed by atoms with E-state index in [1.54, 1.807) is 0 Å². The molecule has 0 aromatic carbocycles. The lowest BCUT2D eigenvalue weighted by Crippen LogP contribution is -2.73. The van der Waals surface area contributed by atoms with Gasteiger partial charge in [0.1, 0.15) is 0 Å². The summed E-state index contributed by atoms with van der Waals surface area (Å²) in [5.74, 6) is -2.91. The van der Waals surface area contributed by atoms with Gasteiger partial charge in [0.2, 0.25) is 0 Å². The molecule has 0 radical (unpaired) electrons. The molecule has 14 heteroatoms. The van der Waals surface area contributed by atoms with Crippen molar-refractivity contribution in [1.29, 1.82) is 0 Å². The SMILES string of the molecule is OC(C1=C2C3CC2CC(C(O)(C(F)(F)F)C(F)(F)F)(C1)C3)(C(F)(F)F)C(F)(F)F. The molecule has 4 bridgehead atoms. The zero-order valence-corrected chi connectivity index (χ0v) is 13.9. The maximum absolute atomic E-state index is 13.4. The molecule has 0 aromatic rings. The smallest absolute Gasteiger partial charge is 0.373 e. The average Bonchev–Trinajstić information content (AvgIpc) is 2.48. The van der Waals surface area contributed by atoms with Crippen molar-refractivity contribution < 1.29 is 62.9 Å². The van der Waals surface area contributed by atoms with Crippen LogP contribution in [0.1, 0.15) is 25.7 Å². The summed E-state index contributed by atoms with van der Waals surface area (Å²) in [7, 11) is 0. The molecule has 5 aliphatic rings. The minimum absolute atomic E-state index is 0.224. The standard InChI is InChI=1S/C15H12F12O2/c16-12(17,18)10(28,13(19,20)21)7-4-9(2-5-1-6(3-9)8(5)7)11(29,14(22,23)24)15(25,26)27/h5-6,28-29H,1-4H2. The van der Waals surface area contributed by atoms with Gasteiger partial charge in [-0.05, 0) is 43.1 Å². The van der Waals surface area contributed by atoms with Gasteiger partial charge in [-0.3, -0.25) is 0 Å². The van der Waals surface area contributed by atoms with Gasteiger partial charge in [0.25, 0.3) is 11.2 Å². The van der Waals surface area contributed by atoms with Gasteiger partial charge in [0, 0.05) is 5.41 Å². The fourth-order valence-corrected chi connectivity index (χ4v) is 5.29. The van der Waals surface area contributed by atoms with Crippen LogP contribution in [-0.4, -0.2) is 46.1 Å². The van der Waals surface area contributed by atoms with E-state index in [1.165, 1.54) is 0 Å². The fourth-order valence-electron chi connectivity index (χ4n) is 5.29. The molecule has 2 N–H and O–H groups in total. The summed E-state index contributed by atoms with van der Waals surface area (Å²) in [6.45, 7) is 0. The molecule has 0 aromatic heterocycles. The van der Waals surface area contributed by atoms with Crippen LogP contribution in [0, 0.1) is 17.3 Å². The van der Waals surface area contributed by atoms with Crippen LogP contribution < -0.4 is 0 Å². The van der Waals surface area contributed by atoms with Gasteiger partial charge < -0.3 is 10.2 Å². The quantitative estimate of drug-likeness (QED) is 0.466. The number of alkyl halides is 12. The zero-order valence-electron chi connectivity index (χ0n) is 13.9. The summed E-state index contributed by atoms with van der Waals surface area (Å²) in [4.78, 5) is 0. The first kappa shape index (κ1) is 22.5. The molecule has 0 amide bonds. The summed E-state index contributed by atoms with van der Waals surface area (Å²) in [5, 5.41) is 19.4. The van der Waals surface area contributed by atoms with E-state index in [0.717, 1.165) is 0 Å². The van der Waals surface area contributed by atoms with Crippen LogP contribution in [0.5, 0.6) is 0 Å². The Morgan fingerprint density at radius 1 is 0.655 bits per heavy atom. The van der Waals surface area contributed by atoms with Crippen molar-refractivity contribution >= 4 is 0 Å². The van der Waals surface area contributed by atoms with E-state index in [9.17, 15) is 62.9 Å². The predicted octanol–water partition coefficient (Wildman–Crippen LogP) is 4.81. The predicted molar refractivity (Wildman–Crippen MR) is 69.0 cm³/mol. The van der Waals surface area contributed by atoms with Crippen LogP contribution in [-0.2, 0) is 0 Å².